The molecule has 3 N–H and O–H groups in total. The Balaban J connectivity index is 2.87. The van der Waals surface area contributed by atoms with Crippen LogP contribution in [0.25, 0.3) is 0 Å². The fraction of sp³-hybridized carbons (Fsp3) is 0.417. The highest BCUT2D eigenvalue weighted by atomic mass is 35.5. The molecular formula is C12H18ClN3O2S. The summed E-state index contributed by atoms with van der Waals surface area (Å²) in [6.45, 7) is 4.28. The van der Waals surface area contributed by atoms with E-state index in [1.54, 1.807) is 12.1 Å². The number of amidine groups is 1. The normalized spacial score (nSPS) is 12.9. The second-order valence-electron chi connectivity index (χ2n) is 4.48. The zero-order chi connectivity index (χ0) is 14.5. The molecule has 0 spiro atoms. The molecule has 0 unspecified atom stereocenters. The van der Waals surface area contributed by atoms with Crippen molar-refractivity contribution in [3.63, 3.8) is 0 Å². The van der Waals surface area contributed by atoms with E-state index in [9.17, 15) is 8.42 Å². The summed E-state index contributed by atoms with van der Waals surface area (Å²) >= 11 is 5.51. The van der Waals surface area contributed by atoms with E-state index in [2.05, 4.69) is 9.71 Å². The SMILES string of the molecule is CC(C)CNS(=O)(=O)c1ccc(N=C(N)CCl)cc1. The summed E-state index contributed by atoms with van der Waals surface area (Å²) in [6.07, 6.45) is 0. The maximum absolute atomic E-state index is 11.9. The van der Waals surface area contributed by atoms with Gasteiger partial charge in [-0.3, -0.25) is 0 Å². The van der Waals surface area contributed by atoms with Gasteiger partial charge in [0, 0.05) is 6.54 Å². The molecule has 0 heterocycles. The van der Waals surface area contributed by atoms with Crippen LogP contribution in [0.4, 0.5) is 5.69 Å². The first-order valence-corrected chi connectivity index (χ1v) is 7.85. The quantitative estimate of drug-likeness (QED) is 0.478. The number of halogens is 1. The molecule has 0 aromatic heterocycles. The second-order valence-corrected chi connectivity index (χ2v) is 6.51. The zero-order valence-electron chi connectivity index (χ0n) is 10.9. The number of alkyl halides is 1. The molecule has 1 aromatic carbocycles. The van der Waals surface area contributed by atoms with Gasteiger partial charge < -0.3 is 5.73 Å². The Kier molecular flexibility index (Phi) is 5.78. The van der Waals surface area contributed by atoms with Crippen LogP contribution in [-0.2, 0) is 10.0 Å². The molecule has 0 aliphatic carbocycles. The van der Waals surface area contributed by atoms with Crippen LogP contribution in [0.15, 0.2) is 34.2 Å². The van der Waals surface area contributed by atoms with Gasteiger partial charge in [-0.25, -0.2) is 18.1 Å². The summed E-state index contributed by atoms with van der Waals surface area (Å²) in [5.41, 5.74) is 6.07. The van der Waals surface area contributed by atoms with E-state index in [0.717, 1.165) is 0 Å². The molecule has 0 aliphatic heterocycles. The van der Waals surface area contributed by atoms with Crippen LogP contribution in [0.2, 0.25) is 0 Å². The average Bonchev–Trinajstić information content (AvgIpc) is 2.37. The van der Waals surface area contributed by atoms with Gasteiger partial charge in [-0.15, -0.1) is 11.6 Å². The first-order chi connectivity index (χ1) is 8.85. The fourth-order valence-corrected chi connectivity index (χ4v) is 2.53. The Morgan fingerprint density at radius 2 is 1.95 bits per heavy atom. The molecule has 1 rings (SSSR count). The first-order valence-electron chi connectivity index (χ1n) is 5.84. The van der Waals surface area contributed by atoms with Crippen molar-refractivity contribution in [2.24, 2.45) is 16.6 Å². The molecule has 0 saturated carbocycles. The van der Waals surface area contributed by atoms with Crippen LogP contribution in [0.1, 0.15) is 13.8 Å². The Labute approximate surface area is 118 Å². The van der Waals surface area contributed by atoms with Crippen molar-refractivity contribution in [2.75, 3.05) is 12.4 Å². The van der Waals surface area contributed by atoms with Gasteiger partial charge in [-0.05, 0) is 30.2 Å². The van der Waals surface area contributed by atoms with Gasteiger partial charge in [-0.1, -0.05) is 13.8 Å². The fourth-order valence-electron chi connectivity index (χ4n) is 1.26. The van der Waals surface area contributed by atoms with Crippen molar-refractivity contribution in [3.05, 3.63) is 24.3 Å². The summed E-state index contributed by atoms with van der Waals surface area (Å²) in [5.74, 6) is 0.674. The lowest BCUT2D eigenvalue weighted by Gasteiger charge is -2.08. The van der Waals surface area contributed by atoms with E-state index in [0.29, 0.717) is 12.2 Å². The standard InChI is InChI=1S/C12H18ClN3O2S/c1-9(2)8-15-19(17,18)11-5-3-10(4-6-11)16-12(14)7-13/h3-6,9,15H,7-8H2,1-2H3,(H2,14,16). The third-order valence-corrected chi connectivity index (χ3v) is 3.95. The van der Waals surface area contributed by atoms with E-state index in [4.69, 9.17) is 17.3 Å². The highest BCUT2D eigenvalue weighted by Crippen LogP contribution is 2.16. The van der Waals surface area contributed by atoms with E-state index >= 15 is 0 Å². The molecule has 0 saturated heterocycles. The largest absolute Gasteiger partial charge is 0.386 e. The lowest BCUT2D eigenvalue weighted by molar-refractivity contribution is 0.560. The topological polar surface area (TPSA) is 84.5 Å². The minimum atomic E-state index is -3.46. The summed E-state index contributed by atoms with van der Waals surface area (Å²) in [6, 6.07) is 6.15. The molecule has 0 radical (unpaired) electrons. The van der Waals surface area contributed by atoms with Crippen LogP contribution in [0.3, 0.4) is 0 Å². The van der Waals surface area contributed by atoms with Crippen molar-refractivity contribution in [1.82, 2.24) is 4.72 Å². The van der Waals surface area contributed by atoms with Crippen LogP contribution < -0.4 is 10.5 Å². The van der Waals surface area contributed by atoms with Gasteiger partial charge in [-0.2, -0.15) is 0 Å². The first kappa shape index (κ1) is 15.9. The van der Waals surface area contributed by atoms with Crippen molar-refractivity contribution in [1.29, 1.82) is 0 Å². The number of aliphatic imine (C=N–C) groups is 1. The van der Waals surface area contributed by atoms with E-state index < -0.39 is 10.0 Å². The second kappa shape index (κ2) is 6.88. The van der Waals surface area contributed by atoms with E-state index in [1.807, 2.05) is 13.8 Å². The highest BCUT2D eigenvalue weighted by molar-refractivity contribution is 7.89. The van der Waals surface area contributed by atoms with Crippen LogP contribution >= 0.6 is 11.6 Å². The van der Waals surface area contributed by atoms with E-state index in [1.165, 1.54) is 12.1 Å². The summed E-state index contributed by atoms with van der Waals surface area (Å²) in [7, 11) is -3.46. The molecule has 0 amide bonds. The van der Waals surface area contributed by atoms with Gasteiger partial charge in [0.15, 0.2) is 0 Å². The Hall–Kier alpha value is -1.11. The van der Waals surface area contributed by atoms with E-state index in [-0.39, 0.29) is 22.5 Å². The Morgan fingerprint density at radius 1 is 1.37 bits per heavy atom. The van der Waals surface area contributed by atoms with Crippen molar-refractivity contribution in [2.45, 2.75) is 18.7 Å². The summed E-state index contributed by atoms with van der Waals surface area (Å²) in [4.78, 5) is 4.23. The molecule has 19 heavy (non-hydrogen) atoms. The van der Waals surface area contributed by atoms with Crippen LogP contribution in [0, 0.1) is 5.92 Å². The number of nitrogens with two attached hydrogens (primary N) is 1. The van der Waals surface area contributed by atoms with Gasteiger partial charge in [0.1, 0.15) is 5.84 Å². The van der Waals surface area contributed by atoms with Crippen LogP contribution in [-0.4, -0.2) is 26.7 Å². The van der Waals surface area contributed by atoms with Crippen molar-refractivity contribution < 1.29 is 8.42 Å². The third-order valence-electron chi connectivity index (χ3n) is 2.24. The summed E-state index contributed by atoms with van der Waals surface area (Å²) in [5, 5.41) is 0. The van der Waals surface area contributed by atoms with Gasteiger partial charge in [0.05, 0.1) is 16.5 Å². The Morgan fingerprint density at radius 3 is 2.42 bits per heavy atom. The number of hydrogen-bond acceptors (Lipinski definition) is 3. The predicted molar refractivity (Wildman–Crippen MR) is 78.5 cm³/mol. The molecule has 106 valence electrons. The average molecular weight is 304 g/mol. The molecule has 0 aliphatic rings. The molecule has 0 atom stereocenters. The van der Waals surface area contributed by atoms with Gasteiger partial charge >= 0.3 is 0 Å². The molecule has 1 aromatic rings. The Bertz CT molecular complexity index is 539. The summed E-state index contributed by atoms with van der Waals surface area (Å²) < 4.78 is 26.4. The van der Waals surface area contributed by atoms with Crippen LogP contribution in [0.5, 0.6) is 0 Å². The van der Waals surface area contributed by atoms with Crippen molar-refractivity contribution in [3.8, 4) is 0 Å². The highest BCUT2D eigenvalue weighted by Gasteiger charge is 2.13. The minimum Gasteiger partial charge on any atom is -0.386 e. The maximum Gasteiger partial charge on any atom is 0.240 e. The maximum atomic E-state index is 11.9. The number of rotatable bonds is 6. The predicted octanol–water partition coefficient (Wildman–Crippen LogP) is 1.85. The number of nitrogens with zero attached hydrogens (tertiary/aromatic N) is 1. The molecule has 5 nitrogen and oxygen atoms in total. The smallest absolute Gasteiger partial charge is 0.240 e. The minimum absolute atomic E-state index is 0.135. The molecule has 0 fully saturated rings. The number of benzene rings is 1. The monoisotopic (exact) mass is 303 g/mol. The number of hydrogen-bond donors (Lipinski definition) is 2. The number of sulfonamides is 1. The van der Waals surface area contributed by atoms with Gasteiger partial charge in [0.25, 0.3) is 0 Å². The lowest BCUT2D eigenvalue weighted by Crippen LogP contribution is -2.27. The molecule has 7 heteroatoms. The lowest BCUT2D eigenvalue weighted by atomic mass is 10.2. The zero-order valence-corrected chi connectivity index (χ0v) is 12.5. The van der Waals surface area contributed by atoms with Gasteiger partial charge in [0.2, 0.25) is 10.0 Å². The third kappa shape index (κ3) is 5.18. The number of nitrogens with one attached hydrogen (secondary N) is 1. The van der Waals surface area contributed by atoms with Crippen molar-refractivity contribution >= 4 is 33.1 Å². The molecule has 0 bridgehead atoms. The molecular weight excluding hydrogens is 286 g/mol.